The summed E-state index contributed by atoms with van der Waals surface area (Å²) in [5, 5.41) is 3.66. The van der Waals surface area contributed by atoms with Crippen LogP contribution < -0.4 is 5.43 Å². The first-order valence-electron chi connectivity index (χ1n) is 5.31. The lowest BCUT2D eigenvalue weighted by atomic mass is 10.1. The molecule has 0 bridgehead atoms. The first-order chi connectivity index (χ1) is 8.04. The Kier molecular flexibility index (Phi) is 4.62. The second kappa shape index (κ2) is 5.97. The second-order valence-electron chi connectivity index (χ2n) is 3.56. The molecule has 1 rings (SSSR count). The zero-order valence-corrected chi connectivity index (χ0v) is 9.86. The lowest BCUT2D eigenvalue weighted by Gasteiger charge is -2.18. The average molecular weight is 241 g/mol. The van der Waals surface area contributed by atoms with Crippen molar-refractivity contribution in [2.24, 2.45) is 5.10 Å². The Bertz CT molecular complexity index is 365. The van der Waals surface area contributed by atoms with Gasteiger partial charge in [-0.25, -0.2) is 5.43 Å². The van der Waals surface area contributed by atoms with E-state index in [0.29, 0.717) is 0 Å². The highest BCUT2D eigenvalue weighted by Gasteiger charge is 2.22. The Labute approximate surface area is 98.8 Å². The zero-order valence-electron chi connectivity index (χ0n) is 9.86. The average Bonchev–Trinajstić information content (AvgIpc) is 2.29. The lowest BCUT2D eigenvalue weighted by molar-refractivity contribution is -0.146. The SMILES string of the molecule is CCOC(=O)CN(C)C(=O)C1=NNC(=O)CC1. The van der Waals surface area contributed by atoms with Gasteiger partial charge in [-0.3, -0.25) is 14.4 Å². The standard InChI is InChI=1S/C10H15N3O4/c1-3-17-9(15)6-13(2)10(16)7-4-5-8(14)12-11-7/h3-6H2,1-2H3,(H,12,14). The Balaban J connectivity index is 2.52. The first-order valence-corrected chi connectivity index (χ1v) is 5.31. The molecule has 1 aliphatic rings. The van der Waals surface area contributed by atoms with Gasteiger partial charge in [-0.15, -0.1) is 0 Å². The van der Waals surface area contributed by atoms with Gasteiger partial charge in [-0.05, 0) is 6.92 Å². The van der Waals surface area contributed by atoms with Crippen molar-refractivity contribution in [3.05, 3.63) is 0 Å². The summed E-state index contributed by atoms with van der Waals surface area (Å²) < 4.78 is 4.72. The molecule has 94 valence electrons. The number of likely N-dealkylation sites (N-methyl/N-ethyl adjacent to an activating group) is 1. The third-order valence-corrected chi connectivity index (χ3v) is 2.17. The fraction of sp³-hybridized carbons (Fsp3) is 0.600. The molecule has 2 amide bonds. The van der Waals surface area contributed by atoms with E-state index < -0.39 is 5.97 Å². The summed E-state index contributed by atoms with van der Waals surface area (Å²) in [5.74, 6) is -1.06. The minimum absolute atomic E-state index is 0.125. The molecular weight excluding hydrogens is 226 g/mol. The van der Waals surface area contributed by atoms with Gasteiger partial charge in [-0.2, -0.15) is 5.10 Å². The van der Waals surface area contributed by atoms with E-state index in [1.165, 1.54) is 11.9 Å². The highest BCUT2D eigenvalue weighted by Crippen LogP contribution is 2.02. The maximum absolute atomic E-state index is 11.8. The molecule has 7 heteroatoms. The number of carbonyl (C=O) groups excluding carboxylic acids is 3. The van der Waals surface area contributed by atoms with E-state index in [-0.39, 0.29) is 43.5 Å². The highest BCUT2D eigenvalue weighted by atomic mass is 16.5. The molecule has 1 aliphatic heterocycles. The molecule has 0 aromatic heterocycles. The van der Waals surface area contributed by atoms with Crippen molar-refractivity contribution >= 4 is 23.5 Å². The number of rotatable bonds is 4. The van der Waals surface area contributed by atoms with E-state index in [1.54, 1.807) is 6.92 Å². The van der Waals surface area contributed by atoms with Gasteiger partial charge in [0.2, 0.25) is 5.91 Å². The molecule has 0 spiro atoms. The van der Waals surface area contributed by atoms with Crippen LogP contribution in [0.1, 0.15) is 19.8 Å². The fourth-order valence-electron chi connectivity index (χ4n) is 1.32. The largest absolute Gasteiger partial charge is 0.465 e. The first kappa shape index (κ1) is 13.1. The van der Waals surface area contributed by atoms with Crippen molar-refractivity contribution in [3.8, 4) is 0 Å². The van der Waals surface area contributed by atoms with E-state index in [2.05, 4.69) is 10.5 Å². The fourth-order valence-corrected chi connectivity index (χ4v) is 1.32. The van der Waals surface area contributed by atoms with E-state index in [9.17, 15) is 14.4 Å². The van der Waals surface area contributed by atoms with E-state index in [1.807, 2.05) is 0 Å². The van der Waals surface area contributed by atoms with Crippen LogP contribution in [0.3, 0.4) is 0 Å². The van der Waals surface area contributed by atoms with Gasteiger partial charge < -0.3 is 9.64 Å². The number of hydrogen-bond acceptors (Lipinski definition) is 5. The number of hydrazone groups is 1. The topological polar surface area (TPSA) is 88.1 Å². The molecule has 0 aliphatic carbocycles. The van der Waals surface area contributed by atoms with Gasteiger partial charge in [0.05, 0.1) is 6.61 Å². The molecule has 7 nitrogen and oxygen atoms in total. The monoisotopic (exact) mass is 241 g/mol. The molecule has 1 N–H and O–H groups in total. The maximum atomic E-state index is 11.8. The number of nitrogens with one attached hydrogen (secondary N) is 1. The molecule has 0 fully saturated rings. The normalized spacial score (nSPS) is 14.7. The highest BCUT2D eigenvalue weighted by molar-refractivity contribution is 6.39. The predicted molar refractivity (Wildman–Crippen MR) is 59.1 cm³/mol. The number of nitrogens with zero attached hydrogens (tertiary/aromatic N) is 2. The van der Waals surface area contributed by atoms with E-state index in [4.69, 9.17) is 4.74 Å². The molecule has 17 heavy (non-hydrogen) atoms. The van der Waals surface area contributed by atoms with Gasteiger partial charge >= 0.3 is 5.97 Å². The van der Waals surface area contributed by atoms with Crippen LogP contribution in [-0.4, -0.2) is 48.6 Å². The van der Waals surface area contributed by atoms with Gasteiger partial charge in [0.25, 0.3) is 5.91 Å². The molecule has 0 atom stereocenters. The Morgan fingerprint density at radius 2 is 2.18 bits per heavy atom. The summed E-state index contributed by atoms with van der Waals surface area (Å²) >= 11 is 0. The summed E-state index contributed by atoms with van der Waals surface area (Å²) in [4.78, 5) is 35.0. The number of carbonyl (C=O) groups is 3. The van der Waals surface area contributed by atoms with Gasteiger partial charge in [-0.1, -0.05) is 0 Å². The van der Waals surface area contributed by atoms with Crippen molar-refractivity contribution in [3.63, 3.8) is 0 Å². The van der Waals surface area contributed by atoms with Crippen LogP contribution in [0.4, 0.5) is 0 Å². The quantitative estimate of drug-likeness (QED) is 0.657. The van der Waals surface area contributed by atoms with Crippen LogP contribution in [0.2, 0.25) is 0 Å². The van der Waals surface area contributed by atoms with Crippen molar-refractivity contribution in [1.29, 1.82) is 0 Å². The van der Waals surface area contributed by atoms with E-state index in [0.717, 1.165) is 0 Å². The number of amides is 2. The smallest absolute Gasteiger partial charge is 0.325 e. The molecule has 0 radical (unpaired) electrons. The third-order valence-electron chi connectivity index (χ3n) is 2.17. The molecule has 1 heterocycles. The third kappa shape index (κ3) is 3.86. The van der Waals surface area contributed by atoms with Crippen LogP contribution >= 0.6 is 0 Å². The Hall–Kier alpha value is -1.92. The lowest BCUT2D eigenvalue weighted by Crippen LogP contribution is -2.40. The predicted octanol–water partition coefficient (Wildman–Crippen LogP) is -0.726. The minimum atomic E-state index is -0.469. The van der Waals surface area contributed by atoms with Crippen LogP contribution in [0.25, 0.3) is 0 Å². The number of esters is 1. The summed E-state index contributed by atoms with van der Waals surface area (Å²) in [5.41, 5.74) is 2.48. The molecular formula is C10H15N3O4. The van der Waals surface area contributed by atoms with Crippen molar-refractivity contribution in [2.45, 2.75) is 19.8 Å². The van der Waals surface area contributed by atoms with Crippen molar-refractivity contribution in [1.82, 2.24) is 10.3 Å². The minimum Gasteiger partial charge on any atom is -0.465 e. The van der Waals surface area contributed by atoms with E-state index >= 15 is 0 Å². The Morgan fingerprint density at radius 1 is 1.47 bits per heavy atom. The summed E-state index contributed by atoms with van der Waals surface area (Å²) in [6.45, 7) is 1.85. The molecule has 0 aromatic rings. The molecule has 0 saturated carbocycles. The molecule has 0 unspecified atom stereocenters. The number of hydrogen-bond donors (Lipinski definition) is 1. The van der Waals surface area contributed by atoms with Crippen LogP contribution in [0.5, 0.6) is 0 Å². The van der Waals surface area contributed by atoms with Crippen LogP contribution in [-0.2, 0) is 19.1 Å². The zero-order chi connectivity index (χ0) is 12.8. The maximum Gasteiger partial charge on any atom is 0.325 e. The summed E-state index contributed by atoms with van der Waals surface area (Å²) in [6, 6.07) is 0. The number of ether oxygens (including phenoxy) is 1. The van der Waals surface area contributed by atoms with Gasteiger partial charge in [0.15, 0.2) is 0 Å². The molecule has 0 saturated heterocycles. The van der Waals surface area contributed by atoms with Crippen LogP contribution in [0.15, 0.2) is 5.10 Å². The van der Waals surface area contributed by atoms with Gasteiger partial charge in [0, 0.05) is 19.9 Å². The Morgan fingerprint density at radius 3 is 2.71 bits per heavy atom. The van der Waals surface area contributed by atoms with Gasteiger partial charge in [0.1, 0.15) is 12.3 Å². The second-order valence-corrected chi connectivity index (χ2v) is 3.56. The van der Waals surface area contributed by atoms with Crippen molar-refractivity contribution in [2.75, 3.05) is 20.2 Å². The summed E-state index contributed by atoms with van der Waals surface area (Å²) in [6.07, 6.45) is 0.523. The summed E-state index contributed by atoms with van der Waals surface area (Å²) in [7, 11) is 1.48. The molecule has 0 aromatic carbocycles. The van der Waals surface area contributed by atoms with Crippen LogP contribution in [0, 0.1) is 0 Å². The van der Waals surface area contributed by atoms with Crippen molar-refractivity contribution < 1.29 is 19.1 Å².